The first-order chi connectivity index (χ1) is 13.6. The van der Waals surface area contributed by atoms with E-state index in [0.29, 0.717) is 43.1 Å². The SMILES string of the molecule is COC(C)(C)CNS(=O)(=O)N1CCC(Nc2ncc3cc(C)c(=O)[nH]c3n2)CC1. The Morgan fingerprint density at radius 2 is 2.03 bits per heavy atom. The smallest absolute Gasteiger partial charge is 0.279 e. The number of nitrogens with one attached hydrogen (secondary N) is 3. The Bertz CT molecular complexity index is 1030. The Hall–Kier alpha value is -2.08. The van der Waals surface area contributed by atoms with Gasteiger partial charge in [0.15, 0.2) is 0 Å². The molecule has 1 fully saturated rings. The van der Waals surface area contributed by atoms with Crippen LogP contribution in [-0.2, 0) is 14.9 Å². The summed E-state index contributed by atoms with van der Waals surface area (Å²) in [5, 5.41) is 4.00. The van der Waals surface area contributed by atoms with Gasteiger partial charge in [-0.15, -0.1) is 0 Å². The molecule has 0 amide bonds. The highest BCUT2D eigenvalue weighted by Crippen LogP contribution is 2.18. The number of aromatic nitrogens is 3. The lowest BCUT2D eigenvalue weighted by Crippen LogP contribution is -2.50. The summed E-state index contributed by atoms with van der Waals surface area (Å²) >= 11 is 0. The van der Waals surface area contributed by atoms with Gasteiger partial charge in [0.1, 0.15) is 5.65 Å². The van der Waals surface area contributed by atoms with Crippen LogP contribution in [0.15, 0.2) is 17.1 Å². The van der Waals surface area contributed by atoms with Crippen LogP contribution < -0.4 is 15.6 Å². The molecule has 0 atom stereocenters. The van der Waals surface area contributed by atoms with Crippen molar-refractivity contribution in [3.8, 4) is 0 Å². The Labute approximate surface area is 170 Å². The van der Waals surface area contributed by atoms with Crippen LogP contribution >= 0.6 is 0 Å². The molecule has 0 unspecified atom stereocenters. The Kier molecular flexibility index (Phi) is 6.22. The molecular formula is C18H28N6O4S. The van der Waals surface area contributed by atoms with Crippen LogP contribution in [0.1, 0.15) is 32.3 Å². The van der Waals surface area contributed by atoms with Crippen LogP contribution in [0.3, 0.4) is 0 Å². The van der Waals surface area contributed by atoms with E-state index in [9.17, 15) is 13.2 Å². The highest BCUT2D eigenvalue weighted by Gasteiger charge is 2.30. The van der Waals surface area contributed by atoms with E-state index >= 15 is 0 Å². The molecule has 0 aliphatic carbocycles. The molecule has 1 aliphatic heterocycles. The van der Waals surface area contributed by atoms with Crippen LogP contribution in [0.2, 0.25) is 0 Å². The van der Waals surface area contributed by atoms with Crippen LogP contribution in [0, 0.1) is 6.92 Å². The lowest BCUT2D eigenvalue weighted by atomic mass is 10.1. The summed E-state index contributed by atoms with van der Waals surface area (Å²) in [5.41, 5.74) is 0.339. The van der Waals surface area contributed by atoms with Gasteiger partial charge in [0, 0.05) is 49.9 Å². The standard InChI is InChI=1S/C18H28N6O4S/c1-12-9-13-10-19-17(23-15(13)22-16(12)25)21-14-5-7-24(8-6-14)29(26,27)20-11-18(2,3)28-4/h9-10,14,20H,5-8,11H2,1-4H3,(H2,19,21,22,23,25). The lowest BCUT2D eigenvalue weighted by molar-refractivity contribution is 0.0273. The van der Waals surface area contributed by atoms with Gasteiger partial charge in [-0.2, -0.15) is 22.4 Å². The first kappa shape index (κ1) is 21.6. The number of piperidine rings is 1. The van der Waals surface area contributed by atoms with Crippen LogP contribution in [0.25, 0.3) is 11.0 Å². The number of rotatable bonds is 7. The molecule has 2 aromatic heterocycles. The maximum absolute atomic E-state index is 12.5. The molecule has 0 spiro atoms. The average molecular weight is 425 g/mol. The van der Waals surface area contributed by atoms with Crippen molar-refractivity contribution in [1.29, 1.82) is 0 Å². The third-order valence-electron chi connectivity index (χ3n) is 5.14. The molecule has 3 rings (SSSR count). The molecule has 10 nitrogen and oxygen atoms in total. The van der Waals surface area contributed by atoms with Gasteiger partial charge in [-0.1, -0.05) is 0 Å². The monoisotopic (exact) mass is 424 g/mol. The summed E-state index contributed by atoms with van der Waals surface area (Å²) in [5.74, 6) is 0.415. The van der Waals surface area contributed by atoms with Crippen molar-refractivity contribution in [2.45, 2.75) is 45.3 Å². The highest BCUT2D eigenvalue weighted by molar-refractivity contribution is 7.87. The largest absolute Gasteiger partial charge is 0.377 e. The van der Waals surface area contributed by atoms with E-state index < -0.39 is 15.8 Å². The summed E-state index contributed by atoms with van der Waals surface area (Å²) in [6.07, 6.45) is 2.91. The molecule has 3 N–H and O–H groups in total. The van der Waals surface area contributed by atoms with Gasteiger partial charge < -0.3 is 15.0 Å². The van der Waals surface area contributed by atoms with Gasteiger partial charge in [0.2, 0.25) is 5.95 Å². The summed E-state index contributed by atoms with van der Waals surface area (Å²) < 4.78 is 34.3. The lowest BCUT2D eigenvalue weighted by Gasteiger charge is -2.32. The maximum atomic E-state index is 12.5. The number of hydrogen-bond donors (Lipinski definition) is 3. The number of anilines is 1. The second-order valence-electron chi connectivity index (χ2n) is 7.89. The zero-order valence-electron chi connectivity index (χ0n) is 17.2. The number of pyridine rings is 1. The van der Waals surface area contributed by atoms with Crippen molar-refractivity contribution in [3.05, 3.63) is 28.2 Å². The molecule has 1 saturated heterocycles. The summed E-state index contributed by atoms with van der Waals surface area (Å²) in [7, 11) is -2.00. The summed E-state index contributed by atoms with van der Waals surface area (Å²) in [4.78, 5) is 23.2. The fourth-order valence-corrected chi connectivity index (χ4v) is 4.43. The summed E-state index contributed by atoms with van der Waals surface area (Å²) in [6, 6.07) is 1.80. The molecule has 160 valence electrons. The molecule has 0 radical (unpaired) electrons. The molecule has 2 aromatic rings. The van der Waals surface area contributed by atoms with Crippen molar-refractivity contribution in [2.75, 3.05) is 32.1 Å². The van der Waals surface area contributed by atoms with Crippen molar-refractivity contribution in [1.82, 2.24) is 24.0 Å². The first-order valence-electron chi connectivity index (χ1n) is 9.53. The zero-order valence-corrected chi connectivity index (χ0v) is 18.0. The number of aromatic amines is 1. The maximum Gasteiger partial charge on any atom is 0.279 e. The third-order valence-corrected chi connectivity index (χ3v) is 6.69. The summed E-state index contributed by atoms with van der Waals surface area (Å²) in [6.45, 7) is 6.37. The van der Waals surface area contributed by atoms with Crippen LogP contribution in [-0.4, -0.2) is 66.1 Å². The molecular weight excluding hydrogens is 396 g/mol. The second kappa shape index (κ2) is 8.34. The second-order valence-corrected chi connectivity index (χ2v) is 9.64. The Morgan fingerprint density at radius 3 is 2.69 bits per heavy atom. The first-order valence-corrected chi connectivity index (χ1v) is 11.0. The van der Waals surface area contributed by atoms with Crippen LogP contribution in [0.4, 0.5) is 5.95 Å². The van der Waals surface area contributed by atoms with Gasteiger partial charge in [-0.3, -0.25) is 4.79 Å². The van der Waals surface area contributed by atoms with E-state index in [1.165, 1.54) is 4.31 Å². The van der Waals surface area contributed by atoms with E-state index in [0.717, 1.165) is 5.39 Å². The highest BCUT2D eigenvalue weighted by atomic mass is 32.2. The zero-order chi connectivity index (χ0) is 21.2. The molecule has 0 aromatic carbocycles. The molecule has 0 saturated carbocycles. The van der Waals surface area contributed by atoms with Gasteiger partial charge in [-0.05, 0) is 39.7 Å². The predicted octanol–water partition coefficient (Wildman–Crippen LogP) is 0.762. The Morgan fingerprint density at radius 1 is 1.34 bits per heavy atom. The van der Waals surface area contributed by atoms with Crippen molar-refractivity contribution in [2.24, 2.45) is 0 Å². The number of nitrogens with zero attached hydrogens (tertiary/aromatic N) is 3. The van der Waals surface area contributed by atoms with Crippen molar-refractivity contribution in [3.63, 3.8) is 0 Å². The topological polar surface area (TPSA) is 129 Å². The number of methoxy groups -OCH3 is 1. The average Bonchev–Trinajstić information content (AvgIpc) is 2.68. The quantitative estimate of drug-likeness (QED) is 0.598. The minimum absolute atomic E-state index is 0.0477. The van der Waals surface area contributed by atoms with Gasteiger partial charge >= 0.3 is 0 Å². The van der Waals surface area contributed by atoms with Gasteiger partial charge in [0.05, 0.1) is 5.60 Å². The van der Waals surface area contributed by atoms with Crippen molar-refractivity contribution >= 4 is 27.2 Å². The minimum atomic E-state index is -3.56. The van der Waals surface area contributed by atoms with E-state index in [-0.39, 0.29) is 18.1 Å². The molecule has 0 bridgehead atoms. The van der Waals surface area contributed by atoms with Gasteiger partial charge in [0.25, 0.3) is 15.8 Å². The fraction of sp³-hybridized carbons (Fsp3) is 0.611. The van der Waals surface area contributed by atoms with E-state index in [2.05, 4.69) is 25.0 Å². The van der Waals surface area contributed by atoms with E-state index in [4.69, 9.17) is 4.74 Å². The number of hydrogen-bond acceptors (Lipinski definition) is 7. The van der Waals surface area contributed by atoms with E-state index in [1.54, 1.807) is 26.3 Å². The fourth-order valence-electron chi connectivity index (χ4n) is 3.02. The van der Waals surface area contributed by atoms with Crippen molar-refractivity contribution < 1.29 is 13.2 Å². The number of aryl methyl sites for hydroxylation is 1. The van der Waals surface area contributed by atoms with Crippen LogP contribution in [0.5, 0.6) is 0 Å². The number of ether oxygens (including phenoxy) is 1. The molecule has 29 heavy (non-hydrogen) atoms. The molecule has 11 heteroatoms. The third kappa shape index (κ3) is 5.30. The number of H-pyrrole nitrogens is 1. The Balaban J connectivity index is 1.59. The number of fused-ring (bicyclic) bond motifs is 1. The molecule has 3 heterocycles. The normalized spacial score (nSPS) is 17.0. The minimum Gasteiger partial charge on any atom is -0.377 e. The van der Waals surface area contributed by atoms with E-state index in [1.807, 2.05) is 13.8 Å². The van der Waals surface area contributed by atoms with Gasteiger partial charge in [-0.25, -0.2) is 4.98 Å². The molecule has 1 aliphatic rings. The predicted molar refractivity (Wildman–Crippen MR) is 111 cm³/mol.